The lowest BCUT2D eigenvalue weighted by Crippen LogP contribution is -2.48. The molecule has 0 aromatic carbocycles. The molecule has 5 heteroatoms. The van der Waals surface area contributed by atoms with E-state index in [-0.39, 0.29) is 0 Å². The van der Waals surface area contributed by atoms with Crippen molar-refractivity contribution < 1.29 is 30.9 Å². The molecule has 2 bridgehead atoms. The van der Waals surface area contributed by atoms with E-state index in [0.29, 0.717) is 0 Å². The van der Waals surface area contributed by atoms with Crippen LogP contribution in [-0.4, -0.2) is 29.4 Å². The maximum Gasteiger partial charge on any atom is 0.284 e. The van der Waals surface area contributed by atoms with Crippen molar-refractivity contribution in [1.82, 2.24) is 0 Å². The second kappa shape index (κ2) is 2.13. The first-order valence-corrected chi connectivity index (χ1v) is 3.09. The Morgan fingerprint density at radius 3 is 2.50 bits per heavy atom. The highest BCUT2D eigenvalue weighted by molar-refractivity contribution is 5.11. The minimum Gasteiger partial charge on any atom is -0.390 e. The van der Waals surface area contributed by atoms with Gasteiger partial charge in [-0.1, -0.05) is 0 Å². The molecule has 0 heterocycles. The van der Waals surface area contributed by atoms with Gasteiger partial charge in [0.05, 0.1) is 14.7 Å². The standard InChI is InChI=1S/C7H8F4O/c8-4-3-1-2(5(4)12)6(9)7(3,10)11/h2-6,12H,1H2/i1D2,2D,3D,4D,5D. The summed E-state index contributed by atoms with van der Waals surface area (Å²) in [5.41, 5.74) is 0. The van der Waals surface area contributed by atoms with Crippen molar-refractivity contribution in [3.63, 3.8) is 0 Å². The molecule has 2 saturated carbocycles. The van der Waals surface area contributed by atoms with E-state index in [1.807, 2.05) is 0 Å². The van der Waals surface area contributed by atoms with E-state index < -0.39 is 42.5 Å². The van der Waals surface area contributed by atoms with Gasteiger partial charge in [0.15, 0.2) is 6.17 Å². The zero-order valence-electron chi connectivity index (χ0n) is 11.5. The third-order valence-corrected chi connectivity index (χ3v) is 1.85. The summed E-state index contributed by atoms with van der Waals surface area (Å²) in [6.07, 6.45) is -16.4. The van der Waals surface area contributed by atoms with Crippen molar-refractivity contribution in [3.05, 3.63) is 0 Å². The number of fused-ring (bicyclic) bond motifs is 2. The highest BCUT2D eigenvalue weighted by Gasteiger charge is 2.69. The predicted molar refractivity (Wildman–Crippen MR) is 32.3 cm³/mol. The Balaban J connectivity index is 2.90. The Morgan fingerprint density at radius 1 is 1.50 bits per heavy atom. The zero-order valence-corrected chi connectivity index (χ0v) is 5.54. The maximum absolute atomic E-state index is 13.9. The molecule has 0 radical (unpaired) electrons. The molecule has 0 aliphatic heterocycles. The molecule has 0 spiro atoms. The molecule has 1 N–H and O–H groups in total. The molecule has 2 aliphatic carbocycles. The molecule has 0 aromatic rings. The molecule has 2 fully saturated rings. The van der Waals surface area contributed by atoms with Crippen molar-refractivity contribution in [2.45, 2.75) is 30.7 Å². The van der Waals surface area contributed by atoms with E-state index in [9.17, 15) is 22.7 Å². The number of hydrogen-bond donors (Lipinski definition) is 1. The summed E-state index contributed by atoms with van der Waals surface area (Å²) >= 11 is 0. The van der Waals surface area contributed by atoms with Gasteiger partial charge in [-0.25, -0.2) is 17.6 Å². The first kappa shape index (κ1) is 3.82. The van der Waals surface area contributed by atoms with E-state index >= 15 is 0 Å². The first-order chi connectivity index (χ1) is 7.65. The predicted octanol–water partition coefficient (Wildman–Crippen LogP) is 1.31. The lowest BCUT2D eigenvalue weighted by Gasteiger charge is -2.30. The molecule has 2 aliphatic rings. The average Bonchev–Trinajstić information content (AvgIpc) is 2.32. The molecule has 0 aromatic heterocycles. The minimum atomic E-state index is -5.01. The Kier molecular flexibility index (Phi) is 0.677. The van der Waals surface area contributed by atoms with Gasteiger partial charge < -0.3 is 5.11 Å². The quantitative estimate of drug-likeness (QED) is 0.571. The molecule has 1 nitrogen and oxygen atoms in total. The van der Waals surface area contributed by atoms with Gasteiger partial charge in [-0.3, -0.25) is 0 Å². The lowest BCUT2D eigenvalue weighted by atomic mass is 9.91. The topological polar surface area (TPSA) is 20.2 Å². The Morgan fingerprint density at radius 2 is 2.08 bits per heavy atom. The van der Waals surface area contributed by atoms with Crippen LogP contribution in [0.25, 0.3) is 0 Å². The molecule has 5 atom stereocenters. The third-order valence-electron chi connectivity index (χ3n) is 1.85. The van der Waals surface area contributed by atoms with Crippen LogP contribution in [0.5, 0.6) is 0 Å². The Bertz CT molecular complexity index is 428. The normalized spacial score (nSPS) is 92.2. The smallest absolute Gasteiger partial charge is 0.284 e. The highest BCUT2D eigenvalue weighted by Crippen LogP contribution is 2.56. The van der Waals surface area contributed by atoms with Gasteiger partial charge in [0, 0.05) is 11.4 Å². The number of aliphatic hydroxyl groups is 1. The van der Waals surface area contributed by atoms with E-state index in [4.69, 9.17) is 8.22 Å². The molecule has 12 heavy (non-hydrogen) atoms. The molecule has 5 unspecified atom stereocenters. The van der Waals surface area contributed by atoms with Crippen LogP contribution in [0.1, 0.15) is 14.6 Å². The fourth-order valence-electron chi connectivity index (χ4n) is 1.21. The van der Waals surface area contributed by atoms with Gasteiger partial charge in [-0.05, 0) is 6.37 Å². The largest absolute Gasteiger partial charge is 0.390 e. The van der Waals surface area contributed by atoms with Crippen LogP contribution in [0.4, 0.5) is 17.6 Å². The van der Waals surface area contributed by atoms with Crippen LogP contribution >= 0.6 is 0 Å². The lowest BCUT2D eigenvalue weighted by molar-refractivity contribution is -0.158. The second-order valence-corrected chi connectivity index (χ2v) is 2.56. The van der Waals surface area contributed by atoms with Crippen LogP contribution in [0.15, 0.2) is 0 Å². The molecular weight excluding hydrogens is 176 g/mol. The fourth-order valence-corrected chi connectivity index (χ4v) is 1.21. The third kappa shape index (κ3) is 0.727. The molecule has 2 rings (SSSR count). The molecule has 0 saturated heterocycles. The van der Waals surface area contributed by atoms with Crippen LogP contribution < -0.4 is 0 Å². The Hall–Kier alpha value is -0.320. The van der Waals surface area contributed by atoms with Crippen molar-refractivity contribution in [2.75, 3.05) is 0 Å². The van der Waals surface area contributed by atoms with E-state index in [2.05, 4.69) is 0 Å². The summed E-state index contributed by atoms with van der Waals surface area (Å²) in [6, 6.07) is 0. The first-order valence-electron chi connectivity index (χ1n) is 6.09. The van der Waals surface area contributed by atoms with Crippen LogP contribution in [-0.2, 0) is 0 Å². The fraction of sp³-hybridized carbons (Fsp3) is 1.00. The van der Waals surface area contributed by atoms with Crippen molar-refractivity contribution >= 4 is 0 Å². The average molecular weight is 190 g/mol. The Labute approximate surface area is 74.8 Å². The summed E-state index contributed by atoms with van der Waals surface area (Å²) in [5.74, 6) is -13.4. The zero-order chi connectivity index (χ0) is 14.6. The van der Waals surface area contributed by atoms with Crippen LogP contribution in [0.2, 0.25) is 0 Å². The van der Waals surface area contributed by atoms with E-state index in [1.54, 1.807) is 0 Å². The maximum atomic E-state index is 13.9. The number of rotatable bonds is 0. The summed E-state index contributed by atoms with van der Waals surface area (Å²) in [4.78, 5) is 0. The number of halogens is 4. The molecular formula is C7H8F4O. The number of alkyl halides is 4. The monoisotopic (exact) mass is 190 g/mol. The van der Waals surface area contributed by atoms with E-state index in [1.165, 1.54) is 0 Å². The van der Waals surface area contributed by atoms with Gasteiger partial charge in [-0.15, -0.1) is 0 Å². The van der Waals surface area contributed by atoms with E-state index in [0.717, 1.165) is 0 Å². The highest BCUT2D eigenvalue weighted by atomic mass is 19.3. The SMILES string of the molecule is [2H]C1([2H])C2([2H])C(F)C(F)(F)C1([2H])C([2H])(F)C2([2H])O. The second-order valence-electron chi connectivity index (χ2n) is 2.56. The molecule has 0 amide bonds. The summed E-state index contributed by atoms with van der Waals surface area (Å²) in [7, 11) is 0. The van der Waals surface area contributed by atoms with Gasteiger partial charge in [0.2, 0.25) is 0 Å². The van der Waals surface area contributed by atoms with Gasteiger partial charge >= 0.3 is 0 Å². The van der Waals surface area contributed by atoms with Crippen molar-refractivity contribution in [3.8, 4) is 0 Å². The van der Waals surface area contributed by atoms with Crippen LogP contribution in [0, 0.1) is 11.8 Å². The van der Waals surface area contributed by atoms with Gasteiger partial charge in [0.25, 0.3) is 5.92 Å². The summed E-state index contributed by atoms with van der Waals surface area (Å²) in [5, 5.41) is 9.36. The van der Waals surface area contributed by atoms with Gasteiger partial charge in [0.1, 0.15) is 6.15 Å². The minimum absolute atomic E-state index is 3.77. The van der Waals surface area contributed by atoms with Crippen molar-refractivity contribution in [1.29, 1.82) is 0 Å². The number of hydrogen-bond acceptors (Lipinski definition) is 1. The molecule has 70 valence electrons. The van der Waals surface area contributed by atoms with Crippen LogP contribution in [0.3, 0.4) is 0 Å². The van der Waals surface area contributed by atoms with Gasteiger partial charge in [-0.2, -0.15) is 0 Å². The summed E-state index contributed by atoms with van der Waals surface area (Å²) < 4.78 is 97.2. The summed E-state index contributed by atoms with van der Waals surface area (Å²) in [6.45, 7) is 0. The van der Waals surface area contributed by atoms with Crippen molar-refractivity contribution in [2.24, 2.45) is 11.8 Å².